The van der Waals surface area contributed by atoms with Crippen LogP contribution in [-0.4, -0.2) is 4.98 Å². The van der Waals surface area contributed by atoms with Crippen LogP contribution < -0.4 is 0 Å². The Hall–Kier alpha value is -2.55. The van der Waals surface area contributed by atoms with Gasteiger partial charge in [0.1, 0.15) is 17.4 Å². The molecule has 4 rings (SSSR count). The first-order valence-corrected chi connectivity index (χ1v) is 5.63. The zero-order chi connectivity index (χ0) is 12.2. The van der Waals surface area contributed by atoms with Gasteiger partial charge in [0.15, 0.2) is 6.39 Å². The monoisotopic (exact) mass is 237 g/mol. The minimum absolute atomic E-state index is 0.962. The van der Waals surface area contributed by atoms with Gasteiger partial charge in [0.2, 0.25) is 0 Å². The van der Waals surface area contributed by atoms with Gasteiger partial charge in [0.25, 0.3) is 0 Å². The van der Waals surface area contributed by atoms with E-state index in [1.807, 2.05) is 36.4 Å². The van der Waals surface area contributed by atoms with Gasteiger partial charge in [-0.3, -0.25) is 0 Å². The maximum absolute atomic E-state index is 5.65. The Balaban J connectivity index is 0.000000169. The first-order valence-electron chi connectivity index (χ1n) is 5.63. The van der Waals surface area contributed by atoms with E-state index < -0.39 is 0 Å². The molecule has 0 unspecified atom stereocenters. The Morgan fingerprint density at radius 1 is 0.778 bits per heavy atom. The molecule has 0 aliphatic heterocycles. The van der Waals surface area contributed by atoms with Crippen molar-refractivity contribution in [3.8, 4) is 0 Å². The number of benzene rings is 2. The van der Waals surface area contributed by atoms with E-state index in [9.17, 15) is 0 Å². The van der Waals surface area contributed by atoms with E-state index in [2.05, 4.69) is 21.5 Å². The average molecular weight is 237 g/mol. The Kier molecular flexibility index (Phi) is 2.80. The molecule has 2 aromatic carbocycles. The van der Waals surface area contributed by atoms with Crippen LogP contribution >= 0.6 is 0 Å². The van der Waals surface area contributed by atoms with Crippen molar-refractivity contribution in [1.82, 2.24) is 4.98 Å². The summed E-state index contributed by atoms with van der Waals surface area (Å²) >= 11 is 0. The van der Waals surface area contributed by atoms with Crippen molar-refractivity contribution < 1.29 is 8.83 Å². The van der Waals surface area contributed by atoms with Crippen LogP contribution in [0.3, 0.4) is 0 Å². The topological polar surface area (TPSA) is 39.2 Å². The van der Waals surface area contributed by atoms with E-state index in [0.717, 1.165) is 11.2 Å². The molecule has 3 nitrogen and oxygen atoms in total. The van der Waals surface area contributed by atoms with Gasteiger partial charge in [-0.15, -0.1) is 0 Å². The molecule has 0 aliphatic carbocycles. The fourth-order valence-electron chi connectivity index (χ4n) is 1.85. The molecule has 88 valence electrons. The minimum atomic E-state index is 0.962. The largest absolute Gasteiger partial charge is 0.456 e. The second-order valence-electron chi connectivity index (χ2n) is 3.77. The van der Waals surface area contributed by atoms with E-state index in [1.165, 1.54) is 23.4 Å². The molecule has 0 N–H and O–H groups in total. The lowest BCUT2D eigenvalue weighted by atomic mass is 10.2. The van der Waals surface area contributed by atoms with Gasteiger partial charge >= 0.3 is 0 Å². The molecule has 2 heterocycles. The maximum Gasteiger partial charge on any atom is 0.180 e. The Morgan fingerprint density at radius 3 is 1.83 bits per heavy atom. The molecule has 3 heteroatoms. The van der Waals surface area contributed by atoms with Gasteiger partial charge in [-0.25, -0.2) is 4.98 Å². The maximum atomic E-state index is 5.65. The molecule has 4 aromatic rings. The molecular formula is C15H11NO2. The smallest absolute Gasteiger partial charge is 0.180 e. The van der Waals surface area contributed by atoms with Crippen LogP contribution in [0.5, 0.6) is 0 Å². The summed E-state index contributed by atoms with van der Waals surface area (Å²) in [6.45, 7) is 0. The quantitative estimate of drug-likeness (QED) is 0.458. The summed E-state index contributed by atoms with van der Waals surface area (Å²) < 4.78 is 10.1. The summed E-state index contributed by atoms with van der Waals surface area (Å²) in [7, 11) is 0. The van der Waals surface area contributed by atoms with Gasteiger partial charge in [-0.05, 0) is 12.1 Å². The fourth-order valence-corrected chi connectivity index (χ4v) is 1.85. The summed E-state index contributed by atoms with van der Waals surface area (Å²) in [6.07, 6.45) is 4.47. The molecule has 0 fully saturated rings. The first kappa shape index (κ1) is 10.6. The Labute approximate surface area is 104 Å². The van der Waals surface area contributed by atoms with Crippen LogP contribution in [0.15, 0.2) is 76.2 Å². The second kappa shape index (κ2) is 4.75. The molecule has 0 spiro atoms. The number of furan rings is 1. The van der Waals surface area contributed by atoms with Crippen molar-refractivity contribution in [3.05, 3.63) is 67.4 Å². The summed E-state index contributed by atoms with van der Waals surface area (Å²) in [4.78, 5) is 3.56. The van der Waals surface area contributed by atoms with E-state index in [1.54, 1.807) is 6.20 Å². The summed E-state index contributed by atoms with van der Waals surface area (Å²) in [5.74, 6) is 0. The number of hydrogen-bond donors (Lipinski definition) is 0. The second-order valence-corrected chi connectivity index (χ2v) is 3.77. The van der Waals surface area contributed by atoms with E-state index in [0.29, 0.717) is 0 Å². The van der Waals surface area contributed by atoms with Gasteiger partial charge in [0, 0.05) is 10.8 Å². The molecule has 0 saturated heterocycles. The standard InChI is InChI=1S/C12H8O.C3H3NO/c1-3-7-11-9(5-1)10-6-2-4-8-12(10)13-11;1-2-5-3-4-1/h1-8H;1-3H. The minimum Gasteiger partial charge on any atom is -0.456 e. The normalized spacial score (nSPS) is 10.2. The number of aromatic nitrogens is 1. The Morgan fingerprint density at radius 2 is 1.39 bits per heavy atom. The Bertz CT molecular complexity index is 674. The van der Waals surface area contributed by atoms with Gasteiger partial charge < -0.3 is 8.83 Å². The highest BCUT2D eigenvalue weighted by atomic mass is 16.3. The lowest BCUT2D eigenvalue weighted by Crippen LogP contribution is -1.62. The number of rotatable bonds is 0. The van der Waals surface area contributed by atoms with E-state index in [-0.39, 0.29) is 0 Å². The van der Waals surface area contributed by atoms with Crippen molar-refractivity contribution in [3.63, 3.8) is 0 Å². The molecule has 0 atom stereocenters. The number of para-hydroxylation sites is 2. The molecule has 0 bridgehead atoms. The summed E-state index contributed by atoms with van der Waals surface area (Å²) in [5.41, 5.74) is 1.92. The highest BCUT2D eigenvalue weighted by Crippen LogP contribution is 2.27. The lowest BCUT2D eigenvalue weighted by molar-refractivity contribution is 0.558. The third kappa shape index (κ3) is 1.98. The number of hydrogen-bond acceptors (Lipinski definition) is 3. The van der Waals surface area contributed by atoms with Gasteiger partial charge in [-0.2, -0.15) is 0 Å². The molecule has 0 aliphatic rings. The summed E-state index contributed by atoms with van der Waals surface area (Å²) in [5, 5.41) is 2.39. The van der Waals surface area contributed by atoms with Crippen LogP contribution in [0.1, 0.15) is 0 Å². The van der Waals surface area contributed by atoms with Crippen molar-refractivity contribution in [2.45, 2.75) is 0 Å². The fraction of sp³-hybridized carbons (Fsp3) is 0. The van der Waals surface area contributed by atoms with Crippen LogP contribution in [0.4, 0.5) is 0 Å². The highest BCUT2D eigenvalue weighted by Gasteiger charge is 2.03. The van der Waals surface area contributed by atoms with Crippen LogP contribution in [-0.2, 0) is 0 Å². The van der Waals surface area contributed by atoms with Crippen molar-refractivity contribution in [2.24, 2.45) is 0 Å². The number of nitrogens with zero attached hydrogens (tertiary/aromatic N) is 1. The molecule has 0 amide bonds. The van der Waals surface area contributed by atoms with Gasteiger partial charge in [-0.1, -0.05) is 36.4 Å². The third-order valence-corrected chi connectivity index (χ3v) is 2.63. The van der Waals surface area contributed by atoms with Crippen molar-refractivity contribution in [1.29, 1.82) is 0 Å². The zero-order valence-electron chi connectivity index (χ0n) is 9.61. The SMILES string of the molecule is c1ccc2c(c1)oc1ccccc12.c1cocn1. The molecule has 0 saturated carbocycles. The molecule has 2 aromatic heterocycles. The first-order chi connectivity index (χ1) is 8.95. The predicted octanol–water partition coefficient (Wildman–Crippen LogP) is 4.26. The predicted molar refractivity (Wildman–Crippen MR) is 70.2 cm³/mol. The highest BCUT2D eigenvalue weighted by molar-refractivity contribution is 6.04. The third-order valence-electron chi connectivity index (χ3n) is 2.63. The zero-order valence-corrected chi connectivity index (χ0v) is 9.61. The van der Waals surface area contributed by atoms with E-state index >= 15 is 0 Å². The van der Waals surface area contributed by atoms with Crippen LogP contribution in [0, 0.1) is 0 Å². The van der Waals surface area contributed by atoms with E-state index in [4.69, 9.17) is 4.42 Å². The van der Waals surface area contributed by atoms with Crippen LogP contribution in [0.2, 0.25) is 0 Å². The molecular weight excluding hydrogens is 226 g/mol. The number of fused-ring (bicyclic) bond motifs is 3. The summed E-state index contributed by atoms with van der Waals surface area (Å²) in [6, 6.07) is 16.2. The molecule has 0 radical (unpaired) electrons. The number of oxazole rings is 1. The molecule has 18 heavy (non-hydrogen) atoms. The lowest BCUT2D eigenvalue weighted by Gasteiger charge is -1.85. The van der Waals surface area contributed by atoms with Crippen molar-refractivity contribution >= 4 is 21.9 Å². The van der Waals surface area contributed by atoms with Crippen LogP contribution in [0.25, 0.3) is 21.9 Å². The van der Waals surface area contributed by atoms with Crippen molar-refractivity contribution in [2.75, 3.05) is 0 Å². The van der Waals surface area contributed by atoms with Gasteiger partial charge in [0.05, 0.1) is 6.20 Å². The average Bonchev–Trinajstić information content (AvgIpc) is 3.10.